The summed E-state index contributed by atoms with van der Waals surface area (Å²) in [4.78, 5) is 20.2. The molecule has 0 atom stereocenters. The van der Waals surface area contributed by atoms with E-state index >= 15 is 0 Å². The highest BCUT2D eigenvalue weighted by Gasteiger charge is 2.19. The first-order valence-electron chi connectivity index (χ1n) is 6.31. The van der Waals surface area contributed by atoms with Crippen LogP contribution >= 0.6 is 0 Å². The average Bonchev–Trinajstić information content (AvgIpc) is 2.90. The van der Waals surface area contributed by atoms with E-state index in [4.69, 9.17) is 10.2 Å². The van der Waals surface area contributed by atoms with Crippen LogP contribution in [0.3, 0.4) is 0 Å². The van der Waals surface area contributed by atoms with Crippen molar-refractivity contribution in [3.63, 3.8) is 0 Å². The molecule has 2 heterocycles. The lowest BCUT2D eigenvalue weighted by atomic mass is 10.1. The fraction of sp³-hybridized carbons (Fsp3) is 0.133. The molecule has 3 aromatic rings. The number of para-hydroxylation sites is 1. The van der Waals surface area contributed by atoms with Gasteiger partial charge in [-0.2, -0.15) is 0 Å². The van der Waals surface area contributed by atoms with Gasteiger partial charge in [0.25, 0.3) is 0 Å². The molecule has 0 unspecified atom stereocenters. The van der Waals surface area contributed by atoms with Gasteiger partial charge < -0.3 is 14.9 Å². The third kappa shape index (κ3) is 2.10. The van der Waals surface area contributed by atoms with E-state index in [0.717, 1.165) is 16.5 Å². The Morgan fingerprint density at radius 1 is 1.29 bits per heavy atom. The number of aromatic nitrogens is 2. The Balaban J connectivity index is 2.18. The molecule has 0 aliphatic rings. The highest BCUT2D eigenvalue weighted by Crippen LogP contribution is 2.29. The quantitative estimate of drug-likeness (QED) is 0.727. The van der Waals surface area contributed by atoms with Gasteiger partial charge in [-0.15, -0.1) is 0 Å². The number of esters is 1. The minimum Gasteiger partial charge on any atom is -0.465 e. The van der Waals surface area contributed by atoms with Crippen molar-refractivity contribution in [2.75, 3.05) is 12.8 Å². The molecule has 106 valence electrons. The lowest BCUT2D eigenvalue weighted by molar-refractivity contribution is 0.0600. The summed E-state index contributed by atoms with van der Waals surface area (Å²) in [5.41, 5.74) is 8.00. The number of nitrogens with two attached hydrogens (primary N) is 1. The summed E-state index contributed by atoms with van der Waals surface area (Å²) < 4.78 is 10.2. The highest BCUT2D eigenvalue weighted by atomic mass is 16.5. The van der Waals surface area contributed by atoms with E-state index in [1.54, 1.807) is 13.2 Å². The van der Waals surface area contributed by atoms with Crippen molar-refractivity contribution < 1.29 is 13.9 Å². The molecule has 0 spiro atoms. The van der Waals surface area contributed by atoms with E-state index in [1.807, 2.05) is 24.3 Å². The van der Waals surface area contributed by atoms with Crippen LogP contribution in [0.5, 0.6) is 0 Å². The zero-order chi connectivity index (χ0) is 15.0. The zero-order valence-electron chi connectivity index (χ0n) is 11.6. The van der Waals surface area contributed by atoms with E-state index in [1.165, 1.54) is 7.11 Å². The van der Waals surface area contributed by atoms with Crippen molar-refractivity contribution in [1.82, 2.24) is 9.97 Å². The third-order valence-corrected chi connectivity index (χ3v) is 3.23. The monoisotopic (exact) mass is 283 g/mol. The number of ether oxygens (including phenoxy) is 1. The van der Waals surface area contributed by atoms with Crippen molar-refractivity contribution in [1.29, 1.82) is 0 Å². The Labute approximate surface area is 120 Å². The summed E-state index contributed by atoms with van der Waals surface area (Å²) in [6.45, 7) is 1.69. The Bertz CT molecular complexity index is 816. The van der Waals surface area contributed by atoms with Crippen LogP contribution in [0.2, 0.25) is 0 Å². The van der Waals surface area contributed by atoms with Gasteiger partial charge in [0.15, 0.2) is 5.82 Å². The third-order valence-electron chi connectivity index (χ3n) is 3.23. The van der Waals surface area contributed by atoms with E-state index in [2.05, 4.69) is 14.7 Å². The predicted octanol–water partition coefficient (Wildman–Crippen LogP) is 2.57. The molecule has 0 bridgehead atoms. The molecule has 0 saturated carbocycles. The number of rotatable bonds is 2. The molecule has 6 nitrogen and oxygen atoms in total. The molecule has 2 N–H and O–H groups in total. The van der Waals surface area contributed by atoms with Crippen molar-refractivity contribution in [3.8, 4) is 11.4 Å². The molecule has 0 amide bonds. The van der Waals surface area contributed by atoms with Gasteiger partial charge in [-0.25, -0.2) is 14.8 Å². The Kier molecular flexibility index (Phi) is 3.06. The van der Waals surface area contributed by atoms with Crippen LogP contribution in [0.4, 0.5) is 5.82 Å². The Morgan fingerprint density at radius 2 is 2.05 bits per heavy atom. The normalized spacial score (nSPS) is 10.8. The van der Waals surface area contributed by atoms with E-state index in [-0.39, 0.29) is 11.4 Å². The van der Waals surface area contributed by atoms with E-state index in [0.29, 0.717) is 11.5 Å². The first-order chi connectivity index (χ1) is 10.1. The zero-order valence-corrected chi connectivity index (χ0v) is 11.6. The molecule has 0 aliphatic carbocycles. The number of fused-ring (bicyclic) bond motifs is 1. The van der Waals surface area contributed by atoms with Gasteiger partial charge in [-0.1, -0.05) is 18.2 Å². The second-order valence-electron chi connectivity index (χ2n) is 4.53. The number of benzene rings is 1. The Hall–Kier alpha value is -2.89. The number of hydrogen-bond donors (Lipinski definition) is 1. The molecular weight excluding hydrogens is 270 g/mol. The van der Waals surface area contributed by atoms with Crippen LogP contribution in [0, 0.1) is 6.92 Å². The van der Waals surface area contributed by atoms with E-state index < -0.39 is 5.97 Å². The second kappa shape index (κ2) is 4.90. The number of carbonyl (C=O) groups excluding carboxylic acids is 1. The highest BCUT2D eigenvalue weighted by molar-refractivity contribution is 5.96. The van der Waals surface area contributed by atoms with Crippen LogP contribution in [-0.4, -0.2) is 23.0 Å². The number of aryl methyl sites for hydroxylation is 1. The number of furan rings is 1. The molecule has 3 rings (SSSR count). The molecule has 1 aromatic carbocycles. The average molecular weight is 283 g/mol. The number of hydrogen-bond acceptors (Lipinski definition) is 6. The first kappa shape index (κ1) is 13.1. The van der Waals surface area contributed by atoms with Crippen molar-refractivity contribution in [3.05, 3.63) is 41.8 Å². The summed E-state index contributed by atoms with van der Waals surface area (Å²) in [6, 6.07) is 7.56. The molecule has 0 aliphatic heterocycles. The van der Waals surface area contributed by atoms with Gasteiger partial charge >= 0.3 is 5.97 Å². The maximum absolute atomic E-state index is 11.7. The van der Waals surface area contributed by atoms with Gasteiger partial charge in [-0.05, 0) is 13.0 Å². The number of nitrogen functional groups attached to an aromatic ring is 1. The van der Waals surface area contributed by atoms with Crippen molar-refractivity contribution in [2.24, 2.45) is 0 Å². The largest absolute Gasteiger partial charge is 0.465 e. The van der Waals surface area contributed by atoms with Crippen LogP contribution in [0.25, 0.3) is 22.4 Å². The summed E-state index contributed by atoms with van der Waals surface area (Å²) in [5, 5.41) is 0.891. The van der Waals surface area contributed by atoms with Gasteiger partial charge in [0.1, 0.15) is 23.2 Å². The number of carbonyl (C=O) groups is 1. The predicted molar refractivity (Wildman–Crippen MR) is 77.7 cm³/mol. The molecule has 0 radical (unpaired) electrons. The first-order valence-corrected chi connectivity index (χ1v) is 6.31. The van der Waals surface area contributed by atoms with Gasteiger partial charge in [0.2, 0.25) is 0 Å². The molecule has 21 heavy (non-hydrogen) atoms. The number of nitrogens with zero attached hydrogens (tertiary/aromatic N) is 2. The van der Waals surface area contributed by atoms with E-state index in [9.17, 15) is 4.79 Å². The second-order valence-corrected chi connectivity index (χ2v) is 4.53. The Morgan fingerprint density at radius 3 is 2.76 bits per heavy atom. The maximum Gasteiger partial charge on any atom is 0.343 e. The number of methoxy groups -OCH3 is 1. The fourth-order valence-corrected chi connectivity index (χ4v) is 2.22. The summed E-state index contributed by atoms with van der Waals surface area (Å²) in [7, 11) is 1.29. The molecular formula is C15H13N3O3. The summed E-state index contributed by atoms with van der Waals surface area (Å²) in [5.74, 6) is -0.0363. The standard InChI is InChI=1S/C15H13N3O3/c1-8-12(15(19)20-2)13(16)18-14(17-8)10-7-21-11-6-4-3-5-9(10)11/h3-7H,1-2H3,(H2,16,17,18). The molecule has 0 fully saturated rings. The lowest BCUT2D eigenvalue weighted by Crippen LogP contribution is -2.12. The van der Waals surface area contributed by atoms with Gasteiger partial charge in [-0.3, -0.25) is 0 Å². The van der Waals surface area contributed by atoms with Crippen LogP contribution in [-0.2, 0) is 4.74 Å². The fourth-order valence-electron chi connectivity index (χ4n) is 2.22. The maximum atomic E-state index is 11.7. The number of anilines is 1. The summed E-state index contributed by atoms with van der Waals surface area (Å²) >= 11 is 0. The SMILES string of the molecule is COC(=O)c1c(C)nc(-c2coc3ccccc23)nc1N. The molecule has 0 saturated heterocycles. The minimum absolute atomic E-state index is 0.0923. The van der Waals surface area contributed by atoms with Gasteiger partial charge in [0, 0.05) is 5.39 Å². The van der Waals surface area contributed by atoms with Crippen molar-refractivity contribution in [2.45, 2.75) is 6.92 Å². The van der Waals surface area contributed by atoms with Crippen molar-refractivity contribution >= 4 is 22.8 Å². The lowest BCUT2D eigenvalue weighted by Gasteiger charge is -2.08. The van der Waals surface area contributed by atoms with Crippen LogP contribution in [0.15, 0.2) is 34.9 Å². The van der Waals surface area contributed by atoms with Crippen LogP contribution in [0.1, 0.15) is 16.1 Å². The topological polar surface area (TPSA) is 91.2 Å². The molecule has 6 heteroatoms. The summed E-state index contributed by atoms with van der Waals surface area (Å²) in [6.07, 6.45) is 1.58. The smallest absolute Gasteiger partial charge is 0.343 e. The molecule has 2 aromatic heterocycles. The van der Waals surface area contributed by atoms with Crippen LogP contribution < -0.4 is 5.73 Å². The van der Waals surface area contributed by atoms with Gasteiger partial charge in [0.05, 0.1) is 18.4 Å². The minimum atomic E-state index is -0.548.